The monoisotopic (exact) mass is 229 g/mol. The molecule has 1 heterocycles. The highest BCUT2D eigenvalue weighted by Crippen LogP contribution is 2.33. The Morgan fingerprint density at radius 3 is 2.00 bits per heavy atom. The van der Waals surface area contributed by atoms with Crippen molar-refractivity contribution in [2.24, 2.45) is 0 Å². The van der Waals surface area contributed by atoms with Crippen molar-refractivity contribution >= 4 is 0 Å². The molecule has 1 saturated carbocycles. The Balaban J connectivity index is 1.70. The predicted octanol–water partition coefficient (Wildman–Crippen LogP) is 3.81. The van der Waals surface area contributed by atoms with Gasteiger partial charge in [0.15, 0.2) is 0 Å². The van der Waals surface area contributed by atoms with Gasteiger partial charge < -0.3 is 5.32 Å². The summed E-state index contributed by atoms with van der Waals surface area (Å²) < 4.78 is 0. The third-order valence-corrected chi connectivity index (χ3v) is 4.54. The molecule has 0 aromatic heterocycles. The quantitative estimate of drug-likeness (QED) is 0.813. The maximum absolute atomic E-state index is 3.45. The molecule has 1 nitrogen and oxygen atoms in total. The molecule has 1 N–H and O–H groups in total. The van der Waals surface area contributed by atoms with Crippen LogP contribution in [0.15, 0.2) is 24.3 Å². The summed E-state index contributed by atoms with van der Waals surface area (Å²) in [5.74, 6) is 1.61. The Morgan fingerprint density at radius 2 is 1.41 bits per heavy atom. The first-order valence-corrected chi connectivity index (χ1v) is 7.24. The molecule has 1 atom stereocenters. The van der Waals surface area contributed by atoms with Crippen molar-refractivity contribution in [3.05, 3.63) is 35.4 Å². The summed E-state index contributed by atoms with van der Waals surface area (Å²) in [6, 6.07) is 9.54. The molecule has 1 aliphatic heterocycles. The van der Waals surface area contributed by atoms with Crippen LogP contribution in [0.4, 0.5) is 0 Å². The first-order valence-electron chi connectivity index (χ1n) is 7.24. The summed E-state index contributed by atoms with van der Waals surface area (Å²) in [5, 5.41) is 3.45. The SMILES string of the molecule is c1cc(C2CCNC2)ccc1C1CCCCC1. The van der Waals surface area contributed by atoms with Crippen LogP contribution in [0.2, 0.25) is 0 Å². The lowest BCUT2D eigenvalue weighted by atomic mass is 9.83. The fraction of sp³-hybridized carbons (Fsp3) is 0.625. The summed E-state index contributed by atoms with van der Waals surface area (Å²) in [6.07, 6.45) is 8.43. The molecule has 0 amide bonds. The smallest absolute Gasteiger partial charge is 0.00206 e. The molecular weight excluding hydrogens is 206 g/mol. The first kappa shape index (κ1) is 11.3. The van der Waals surface area contributed by atoms with Gasteiger partial charge in [0.25, 0.3) is 0 Å². The number of rotatable bonds is 2. The van der Waals surface area contributed by atoms with E-state index in [0.717, 1.165) is 11.8 Å². The molecular formula is C16H23N. The van der Waals surface area contributed by atoms with Crippen LogP contribution in [-0.4, -0.2) is 13.1 Å². The Morgan fingerprint density at radius 1 is 0.765 bits per heavy atom. The van der Waals surface area contributed by atoms with E-state index in [0.29, 0.717) is 0 Å². The Bertz CT molecular complexity index is 342. The third kappa shape index (κ3) is 2.55. The van der Waals surface area contributed by atoms with Crippen LogP contribution < -0.4 is 5.32 Å². The zero-order chi connectivity index (χ0) is 11.5. The predicted molar refractivity (Wildman–Crippen MR) is 72.5 cm³/mol. The second-order valence-corrected chi connectivity index (χ2v) is 5.69. The van der Waals surface area contributed by atoms with Crippen LogP contribution in [0, 0.1) is 0 Å². The zero-order valence-corrected chi connectivity index (χ0v) is 10.6. The van der Waals surface area contributed by atoms with Crippen molar-refractivity contribution in [1.82, 2.24) is 5.32 Å². The van der Waals surface area contributed by atoms with Crippen LogP contribution in [0.3, 0.4) is 0 Å². The standard InChI is InChI=1S/C16H23N/c1-2-4-13(5-3-1)14-6-8-15(9-7-14)16-10-11-17-12-16/h6-9,13,16-17H,1-5,10-12H2. The maximum Gasteiger partial charge on any atom is 0.00206 e. The van der Waals surface area contributed by atoms with Gasteiger partial charge in [-0.2, -0.15) is 0 Å². The second kappa shape index (κ2) is 5.22. The van der Waals surface area contributed by atoms with Gasteiger partial charge in [0, 0.05) is 6.54 Å². The molecule has 0 bridgehead atoms. The lowest BCUT2D eigenvalue weighted by Gasteiger charge is -2.22. The van der Waals surface area contributed by atoms with Crippen molar-refractivity contribution in [2.45, 2.75) is 50.4 Å². The largest absolute Gasteiger partial charge is 0.316 e. The van der Waals surface area contributed by atoms with Crippen molar-refractivity contribution in [3.63, 3.8) is 0 Å². The summed E-state index contributed by atoms with van der Waals surface area (Å²) in [6.45, 7) is 2.36. The molecule has 1 heteroatoms. The average molecular weight is 229 g/mol. The first-order chi connectivity index (χ1) is 8.43. The fourth-order valence-electron chi connectivity index (χ4n) is 3.42. The molecule has 92 valence electrons. The summed E-state index contributed by atoms with van der Waals surface area (Å²) in [7, 11) is 0. The van der Waals surface area contributed by atoms with Crippen molar-refractivity contribution in [3.8, 4) is 0 Å². The number of hydrogen-bond acceptors (Lipinski definition) is 1. The lowest BCUT2D eigenvalue weighted by molar-refractivity contribution is 0.443. The highest BCUT2D eigenvalue weighted by atomic mass is 14.9. The van der Waals surface area contributed by atoms with Crippen molar-refractivity contribution in [2.75, 3.05) is 13.1 Å². The van der Waals surface area contributed by atoms with Crippen LogP contribution in [0.5, 0.6) is 0 Å². The minimum atomic E-state index is 0.760. The molecule has 3 rings (SSSR count). The van der Waals surface area contributed by atoms with Crippen molar-refractivity contribution < 1.29 is 0 Å². The molecule has 1 saturated heterocycles. The van der Waals surface area contributed by atoms with Gasteiger partial charge in [-0.1, -0.05) is 43.5 Å². The van der Waals surface area contributed by atoms with E-state index in [-0.39, 0.29) is 0 Å². The van der Waals surface area contributed by atoms with E-state index >= 15 is 0 Å². The highest BCUT2D eigenvalue weighted by molar-refractivity contribution is 5.28. The summed E-state index contributed by atoms with van der Waals surface area (Å²) >= 11 is 0. The molecule has 2 aliphatic rings. The van der Waals surface area contributed by atoms with Gasteiger partial charge in [-0.05, 0) is 48.8 Å². The summed E-state index contributed by atoms with van der Waals surface area (Å²) in [4.78, 5) is 0. The number of hydrogen-bond donors (Lipinski definition) is 1. The van der Waals surface area contributed by atoms with E-state index < -0.39 is 0 Å². The van der Waals surface area contributed by atoms with Crippen LogP contribution >= 0.6 is 0 Å². The van der Waals surface area contributed by atoms with Gasteiger partial charge in [-0.15, -0.1) is 0 Å². The molecule has 17 heavy (non-hydrogen) atoms. The van der Waals surface area contributed by atoms with E-state index in [1.807, 2.05) is 0 Å². The molecule has 1 aromatic carbocycles. The minimum absolute atomic E-state index is 0.760. The number of benzene rings is 1. The van der Waals surface area contributed by atoms with Gasteiger partial charge in [0.05, 0.1) is 0 Å². The zero-order valence-electron chi connectivity index (χ0n) is 10.6. The molecule has 1 aliphatic carbocycles. The topological polar surface area (TPSA) is 12.0 Å². The second-order valence-electron chi connectivity index (χ2n) is 5.69. The molecule has 0 spiro atoms. The highest BCUT2D eigenvalue weighted by Gasteiger charge is 2.18. The Hall–Kier alpha value is -0.820. The van der Waals surface area contributed by atoms with Gasteiger partial charge in [-0.3, -0.25) is 0 Å². The van der Waals surface area contributed by atoms with Crippen molar-refractivity contribution in [1.29, 1.82) is 0 Å². The number of nitrogens with one attached hydrogen (secondary N) is 1. The van der Waals surface area contributed by atoms with E-state index in [1.54, 1.807) is 5.56 Å². The van der Waals surface area contributed by atoms with Gasteiger partial charge >= 0.3 is 0 Å². The van der Waals surface area contributed by atoms with E-state index in [1.165, 1.54) is 57.2 Å². The third-order valence-electron chi connectivity index (χ3n) is 4.54. The van der Waals surface area contributed by atoms with E-state index in [9.17, 15) is 0 Å². The average Bonchev–Trinajstić information content (AvgIpc) is 2.94. The maximum atomic E-state index is 3.45. The minimum Gasteiger partial charge on any atom is -0.316 e. The molecule has 1 unspecified atom stereocenters. The van der Waals surface area contributed by atoms with Gasteiger partial charge in [0.1, 0.15) is 0 Å². The molecule has 1 aromatic rings. The molecule has 0 radical (unpaired) electrons. The normalized spacial score (nSPS) is 26.2. The molecule has 2 fully saturated rings. The Kier molecular flexibility index (Phi) is 3.46. The fourth-order valence-corrected chi connectivity index (χ4v) is 3.42. The van der Waals surface area contributed by atoms with E-state index in [4.69, 9.17) is 0 Å². The van der Waals surface area contributed by atoms with Crippen LogP contribution in [0.1, 0.15) is 61.5 Å². The summed E-state index contributed by atoms with van der Waals surface area (Å²) in [5.41, 5.74) is 3.12. The van der Waals surface area contributed by atoms with Crippen LogP contribution in [-0.2, 0) is 0 Å². The van der Waals surface area contributed by atoms with Gasteiger partial charge in [0.2, 0.25) is 0 Å². The van der Waals surface area contributed by atoms with Gasteiger partial charge in [-0.25, -0.2) is 0 Å². The van der Waals surface area contributed by atoms with Crippen LogP contribution in [0.25, 0.3) is 0 Å². The Labute approximate surface area is 105 Å². The van der Waals surface area contributed by atoms with E-state index in [2.05, 4.69) is 29.6 Å². The lowest BCUT2D eigenvalue weighted by Crippen LogP contribution is -2.08.